The molecule has 0 amide bonds. The highest BCUT2D eigenvalue weighted by atomic mass is 19.1. The molecule has 0 aliphatic carbocycles. The lowest BCUT2D eigenvalue weighted by Crippen LogP contribution is -2.27. The van der Waals surface area contributed by atoms with Crippen LogP contribution in [0.2, 0.25) is 0 Å². The van der Waals surface area contributed by atoms with E-state index in [2.05, 4.69) is 36.2 Å². The standard InChI is InChI=1S/C23H19FN8/c1-13-16(24)2-3-19(28-13)23-15(10-27-31-23)17-4-5-18-20(29-17)8-14(9-26-18)21-12-32-7-6-25-11-22(32)30-21/h2-5,8-10,12,25H,6-7,11H2,1H3,(H,27,31). The quantitative estimate of drug-likeness (QED) is 0.458. The van der Waals surface area contributed by atoms with E-state index in [0.29, 0.717) is 17.1 Å². The van der Waals surface area contributed by atoms with Crippen molar-refractivity contribution in [1.82, 2.24) is 40.0 Å². The van der Waals surface area contributed by atoms with Gasteiger partial charge in [-0.25, -0.2) is 19.3 Å². The Morgan fingerprint density at radius 3 is 2.75 bits per heavy atom. The Bertz CT molecular complexity index is 1440. The largest absolute Gasteiger partial charge is 0.332 e. The van der Waals surface area contributed by atoms with Gasteiger partial charge in [0.15, 0.2) is 0 Å². The van der Waals surface area contributed by atoms with Gasteiger partial charge in [-0.3, -0.25) is 10.1 Å². The third kappa shape index (κ3) is 3.14. The molecule has 1 aliphatic heterocycles. The van der Waals surface area contributed by atoms with E-state index in [-0.39, 0.29) is 5.82 Å². The highest BCUT2D eigenvalue weighted by Gasteiger charge is 2.16. The van der Waals surface area contributed by atoms with Gasteiger partial charge in [-0.1, -0.05) is 0 Å². The molecule has 9 heteroatoms. The SMILES string of the molecule is Cc1nc(-c2[nH]ncc2-c2ccc3ncc(-c4cn5c(n4)CNCC5)cc3n2)ccc1F. The first kappa shape index (κ1) is 18.8. The van der Waals surface area contributed by atoms with E-state index >= 15 is 0 Å². The van der Waals surface area contributed by atoms with Crippen molar-refractivity contribution in [2.24, 2.45) is 0 Å². The highest BCUT2D eigenvalue weighted by Crippen LogP contribution is 2.30. The zero-order valence-corrected chi connectivity index (χ0v) is 17.3. The van der Waals surface area contributed by atoms with Crippen LogP contribution in [-0.2, 0) is 13.1 Å². The highest BCUT2D eigenvalue weighted by molar-refractivity contribution is 5.84. The number of nitrogens with zero attached hydrogens (tertiary/aromatic N) is 6. The summed E-state index contributed by atoms with van der Waals surface area (Å²) in [6.07, 6.45) is 5.61. The van der Waals surface area contributed by atoms with Crippen molar-refractivity contribution in [2.45, 2.75) is 20.0 Å². The Balaban J connectivity index is 1.42. The molecule has 1 aliphatic rings. The van der Waals surface area contributed by atoms with E-state index in [1.54, 1.807) is 19.2 Å². The number of hydrogen-bond donors (Lipinski definition) is 2. The van der Waals surface area contributed by atoms with Crippen LogP contribution in [0.4, 0.5) is 4.39 Å². The molecule has 32 heavy (non-hydrogen) atoms. The molecule has 158 valence electrons. The summed E-state index contributed by atoms with van der Waals surface area (Å²) >= 11 is 0. The number of hydrogen-bond acceptors (Lipinski definition) is 6. The molecule has 0 saturated heterocycles. The summed E-state index contributed by atoms with van der Waals surface area (Å²) in [5, 5.41) is 10.5. The Morgan fingerprint density at radius 1 is 0.969 bits per heavy atom. The zero-order chi connectivity index (χ0) is 21.7. The van der Waals surface area contributed by atoms with Gasteiger partial charge in [0.05, 0.1) is 52.2 Å². The molecule has 0 aromatic carbocycles. The Kier molecular flexibility index (Phi) is 4.29. The molecular weight excluding hydrogens is 407 g/mol. The van der Waals surface area contributed by atoms with Crippen LogP contribution in [0.25, 0.3) is 44.9 Å². The fourth-order valence-corrected chi connectivity index (χ4v) is 3.98. The van der Waals surface area contributed by atoms with Crippen LogP contribution in [0.5, 0.6) is 0 Å². The van der Waals surface area contributed by atoms with Crippen LogP contribution in [-0.4, -0.2) is 41.2 Å². The Morgan fingerprint density at radius 2 is 1.88 bits per heavy atom. The average Bonchev–Trinajstić information content (AvgIpc) is 3.47. The molecule has 8 nitrogen and oxygen atoms in total. The minimum atomic E-state index is -0.339. The van der Waals surface area contributed by atoms with Crippen LogP contribution in [0.15, 0.2) is 48.9 Å². The number of aromatic nitrogens is 7. The van der Waals surface area contributed by atoms with Gasteiger partial charge in [0.2, 0.25) is 0 Å². The number of nitrogens with one attached hydrogen (secondary N) is 2. The van der Waals surface area contributed by atoms with Crippen LogP contribution >= 0.6 is 0 Å². The number of pyridine rings is 3. The summed E-state index contributed by atoms with van der Waals surface area (Å²) in [5.41, 5.74) is 6.54. The molecule has 0 unspecified atom stereocenters. The molecule has 6 rings (SSSR count). The number of imidazole rings is 1. The molecule has 0 bridgehead atoms. The van der Waals surface area contributed by atoms with E-state index in [1.165, 1.54) is 6.07 Å². The van der Waals surface area contributed by atoms with Crippen LogP contribution < -0.4 is 5.32 Å². The number of aryl methyl sites for hydroxylation is 1. The van der Waals surface area contributed by atoms with Gasteiger partial charge in [0, 0.05) is 36.6 Å². The summed E-state index contributed by atoms with van der Waals surface area (Å²) in [7, 11) is 0. The second-order valence-corrected chi connectivity index (χ2v) is 7.79. The minimum absolute atomic E-state index is 0.335. The number of fused-ring (bicyclic) bond motifs is 2. The van der Waals surface area contributed by atoms with Crippen LogP contribution in [0.1, 0.15) is 11.5 Å². The molecule has 2 N–H and O–H groups in total. The molecule has 0 radical (unpaired) electrons. The van der Waals surface area contributed by atoms with Crippen molar-refractivity contribution in [3.8, 4) is 33.9 Å². The van der Waals surface area contributed by atoms with E-state index < -0.39 is 0 Å². The first-order valence-corrected chi connectivity index (χ1v) is 10.4. The van der Waals surface area contributed by atoms with E-state index in [9.17, 15) is 4.39 Å². The second kappa shape index (κ2) is 7.31. The normalized spacial score (nSPS) is 13.4. The molecule has 0 saturated carbocycles. The molecule has 0 atom stereocenters. The second-order valence-electron chi connectivity index (χ2n) is 7.79. The third-order valence-electron chi connectivity index (χ3n) is 5.70. The fourth-order valence-electron chi connectivity index (χ4n) is 3.98. The predicted molar refractivity (Wildman–Crippen MR) is 118 cm³/mol. The van der Waals surface area contributed by atoms with Gasteiger partial charge < -0.3 is 9.88 Å². The van der Waals surface area contributed by atoms with Crippen molar-refractivity contribution >= 4 is 11.0 Å². The van der Waals surface area contributed by atoms with Crippen molar-refractivity contribution in [3.05, 3.63) is 66.3 Å². The zero-order valence-electron chi connectivity index (χ0n) is 17.3. The summed E-state index contributed by atoms with van der Waals surface area (Å²) < 4.78 is 15.8. The summed E-state index contributed by atoms with van der Waals surface area (Å²) in [6, 6.07) is 8.89. The fraction of sp³-hybridized carbons (Fsp3) is 0.174. The molecule has 5 aromatic heterocycles. The van der Waals surface area contributed by atoms with Gasteiger partial charge in [-0.05, 0) is 37.3 Å². The van der Waals surface area contributed by atoms with Gasteiger partial charge in [0.25, 0.3) is 0 Å². The maximum absolute atomic E-state index is 13.7. The molecule has 0 spiro atoms. The molecule has 0 fully saturated rings. The lowest BCUT2D eigenvalue weighted by atomic mass is 10.1. The smallest absolute Gasteiger partial charge is 0.144 e. The van der Waals surface area contributed by atoms with Gasteiger partial charge in [-0.15, -0.1) is 0 Å². The van der Waals surface area contributed by atoms with Crippen molar-refractivity contribution in [1.29, 1.82) is 0 Å². The predicted octanol–water partition coefficient (Wildman–Crippen LogP) is 3.50. The van der Waals surface area contributed by atoms with Gasteiger partial charge in [0.1, 0.15) is 11.6 Å². The molecule has 6 heterocycles. The lowest BCUT2D eigenvalue weighted by molar-refractivity contribution is 0.505. The van der Waals surface area contributed by atoms with E-state index in [4.69, 9.17) is 9.97 Å². The van der Waals surface area contributed by atoms with Crippen molar-refractivity contribution in [2.75, 3.05) is 6.54 Å². The number of rotatable bonds is 3. The summed E-state index contributed by atoms with van der Waals surface area (Å²) in [5.74, 6) is 0.687. The van der Waals surface area contributed by atoms with Gasteiger partial charge in [-0.2, -0.15) is 5.10 Å². The summed E-state index contributed by atoms with van der Waals surface area (Å²) in [6.45, 7) is 4.26. The van der Waals surface area contributed by atoms with Crippen molar-refractivity contribution in [3.63, 3.8) is 0 Å². The average molecular weight is 426 g/mol. The third-order valence-corrected chi connectivity index (χ3v) is 5.70. The van der Waals surface area contributed by atoms with E-state index in [1.807, 2.05) is 24.4 Å². The van der Waals surface area contributed by atoms with Gasteiger partial charge >= 0.3 is 0 Å². The number of aromatic amines is 1. The monoisotopic (exact) mass is 426 g/mol. The number of halogens is 1. The Labute approximate surface area is 182 Å². The first-order valence-electron chi connectivity index (χ1n) is 10.4. The Hall–Kier alpha value is -3.98. The first-order chi connectivity index (χ1) is 15.7. The van der Waals surface area contributed by atoms with E-state index in [0.717, 1.165) is 59.0 Å². The summed E-state index contributed by atoms with van der Waals surface area (Å²) in [4.78, 5) is 18.5. The minimum Gasteiger partial charge on any atom is -0.332 e. The van der Waals surface area contributed by atoms with Crippen molar-refractivity contribution < 1.29 is 4.39 Å². The molecular formula is C23H19FN8. The lowest BCUT2D eigenvalue weighted by Gasteiger charge is -2.13. The van der Waals surface area contributed by atoms with Crippen LogP contribution in [0.3, 0.4) is 0 Å². The number of H-pyrrole nitrogens is 1. The topological polar surface area (TPSA) is 97.2 Å². The maximum atomic E-state index is 13.7. The maximum Gasteiger partial charge on any atom is 0.144 e. The molecule has 5 aromatic rings. The van der Waals surface area contributed by atoms with Crippen LogP contribution in [0, 0.1) is 12.7 Å².